The number of nitrogens with one attached hydrogen (secondary N) is 2. The van der Waals surface area contributed by atoms with Crippen LogP contribution in [0.15, 0.2) is 103 Å². The molecule has 2 aliphatic carbocycles. The maximum absolute atomic E-state index is 13.2. The molecule has 0 radical (unpaired) electrons. The average Bonchev–Trinajstić information content (AvgIpc) is 3.25. The van der Waals surface area contributed by atoms with Gasteiger partial charge in [-0.05, 0) is 152 Å². The fraction of sp³-hybridized carbons (Fsp3) is 0.440. The van der Waals surface area contributed by atoms with Crippen molar-refractivity contribution in [2.24, 2.45) is 0 Å². The number of benzene rings is 4. The summed E-state index contributed by atoms with van der Waals surface area (Å²) in [6.07, 6.45) is 10.00. The van der Waals surface area contributed by atoms with Crippen LogP contribution < -0.4 is 10.6 Å². The Morgan fingerprint density at radius 2 is 0.984 bits per heavy atom. The highest BCUT2D eigenvalue weighted by Crippen LogP contribution is 2.37. The van der Waals surface area contributed by atoms with Gasteiger partial charge in [-0.2, -0.15) is 0 Å². The first-order valence-electron chi connectivity index (χ1n) is 21.4. The van der Waals surface area contributed by atoms with Crippen molar-refractivity contribution in [2.75, 3.05) is 28.2 Å². The predicted molar refractivity (Wildman–Crippen MR) is 239 cm³/mol. The minimum atomic E-state index is -0.379. The molecule has 11 heteroatoms. The molecule has 326 valence electrons. The second kappa shape index (κ2) is 22.4. The van der Waals surface area contributed by atoms with Crippen LogP contribution in [0.1, 0.15) is 109 Å². The Kier molecular flexibility index (Phi) is 17.3. The van der Waals surface area contributed by atoms with Crippen molar-refractivity contribution in [2.45, 2.75) is 113 Å². The molecule has 2 aliphatic rings. The Balaban J connectivity index is 0.000000231. The van der Waals surface area contributed by atoms with Gasteiger partial charge >= 0.3 is 0 Å². The number of hydrogen-bond acceptors (Lipinski definition) is 6. The summed E-state index contributed by atoms with van der Waals surface area (Å²) in [6, 6.07) is 29.6. The normalized spacial score (nSPS) is 21.3. The van der Waals surface area contributed by atoms with Crippen LogP contribution >= 0.6 is 11.6 Å². The number of carbonyl (C=O) groups excluding carboxylic acids is 4. The average molecular weight is 856 g/mol. The number of nitrogens with zero attached hydrogens (tertiary/aromatic N) is 2. The van der Waals surface area contributed by atoms with Gasteiger partial charge in [0.2, 0.25) is 11.8 Å². The third-order valence-corrected chi connectivity index (χ3v) is 13.0. The molecule has 2 N–H and O–H groups in total. The largest absolute Gasteiger partial charge is 0.353 e. The van der Waals surface area contributed by atoms with Gasteiger partial charge in [-0.1, -0.05) is 66.2 Å². The third-order valence-electron chi connectivity index (χ3n) is 12.7. The quantitative estimate of drug-likeness (QED) is 0.109. The van der Waals surface area contributed by atoms with E-state index in [0.29, 0.717) is 11.1 Å². The molecule has 6 rings (SSSR count). The van der Waals surface area contributed by atoms with Gasteiger partial charge in [0.25, 0.3) is 0 Å². The molecule has 0 heterocycles. The number of carbonyl (C=O) groups is 4. The van der Waals surface area contributed by atoms with E-state index in [9.17, 15) is 28.0 Å². The van der Waals surface area contributed by atoms with Crippen molar-refractivity contribution < 1.29 is 28.0 Å². The van der Waals surface area contributed by atoms with Crippen LogP contribution in [0.25, 0.3) is 0 Å². The highest BCUT2D eigenvalue weighted by atomic mass is 35.5. The number of hydrogen-bond donors (Lipinski definition) is 2. The zero-order chi connectivity index (χ0) is 44.0. The van der Waals surface area contributed by atoms with Gasteiger partial charge in [0.05, 0.1) is 0 Å². The number of amides is 2. The summed E-state index contributed by atoms with van der Waals surface area (Å²) in [7, 11) is 8.42. The summed E-state index contributed by atoms with van der Waals surface area (Å²) in [5.41, 5.74) is 3.51. The summed E-state index contributed by atoms with van der Waals surface area (Å²) in [5, 5.41) is 6.96. The monoisotopic (exact) mass is 854 g/mol. The van der Waals surface area contributed by atoms with E-state index in [1.165, 1.54) is 42.0 Å². The molecule has 4 aromatic rings. The highest BCUT2D eigenvalue weighted by Gasteiger charge is 2.39. The van der Waals surface area contributed by atoms with E-state index in [1.54, 1.807) is 12.1 Å². The molecular weight excluding hydrogens is 794 g/mol. The first-order valence-corrected chi connectivity index (χ1v) is 21.8. The summed E-state index contributed by atoms with van der Waals surface area (Å²) in [4.78, 5) is 53.7. The van der Waals surface area contributed by atoms with Crippen LogP contribution in [0.5, 0.6) is 0 Å². The van der Waals surface area contributed by atoms with E-state index in [1.807, 2.05) is 48.5 Å². The predicted octanol–water partition coefficient (Wildman–Crippen LogP) is 9.43. The molecule has 0 atom stereocenters. The zero-order valence-electron chi connectivity index (χ0n) is 36.0. The second-order valence-electron chi connectivity index (χ2n) is 17.3. The van der Waals surface area contributed by atoms with Crippen LogP contribution in [-0.4, -0.2) is 84.5 Å². The second-order valence-corrected chi connectivity index (χ2v) is 17.7. The van der Waals surface area contributed by atoms with Crippen molar-refractivity contribution >= 4 is 35.0 Å². The first-order chi connectivity index (χ1) is 29.1. The molecule has 0 unspecified atom stereocenters. The molecule has 61 heavy (non-hydrogen) atoms. The van der Waals surface area contributed by atoms with Crippen molar-refractivity contribution in [3.05, 3.63) is 142 Å². The topological polar surface area (TPSA) is 98.8 Å². The first kappa shape index (κ1) is 47.3. The number of likely N-dealkylation sites (N-methyl/N-ethyl adjacent to an activating group) is 2. The Hall–Kier alpha value is -4.77. The SMILES string of the molecule is CN(C)C1(Cc2ccc(F)cc2)CCC(NC(=O)CCC(=O)c2ccccc2)CC1.CN(C)C1(Cc2cccc(Cl)c2)CCC(NC(=O)CCC(=O)c2ccc(F)cc2)CC1. The molecule has 0 aliphatic heterocycles. The molecule has 4 aromatic carbocycles. The number of ketones is 2. The third kappa shape index (κ3) is 14.1. The van der Waals surface area contributed by atoms with E-state index >= 15 is 0 Å². The van der Waals surface area contributed by atoms with Gasteiger partial charge in [-0.3, -0.25) is 19.2 Å². The molecule has 0 saturated heterocycles. The van der Waals surface area contributed by atoms with Crippen LogP contribution in [0.2, 0.25) is 5.02 Å². The molecule has 0 bridgehead atoms. The van der Waals surface area contributed by atoms with Crippen LogP contribution in [0, 0.1) is 11.6 Å². The Bertz CT molecular complexity index is 2040. The minimum Gasteiger partial charge on any atom is -0.353 e. The Morgan fingerprint density at radius 1 is 0.557 bits per heavy atom. The van der Waals surface area contributed by atoms with E-state index in [0.717, 1.165) is 74.8 Å². The lowest BCUT2D eigenvalue weighted by atomic mass is 9.75. The highest BCUT2D eigenvalue weighted by molar-refractivity contribution is 6.30. The summed E-state index contributed by atoms with van der Waals surface area (Å²) >= 11 is 6.16. The van der Waals surface area contributed by atoms with Gasteiger partial charge in [0.1, 0.15) is 11.6 Å². The standard InChI is InChI=1S/C25H30ClFN2O2.C25H31FN2O2/c1-29(2)25(17-18-4-3-5-20(26)16-18)14-12-22(13-15-25)28-24(31)11-10-23(30)19-6-8-21(27)9-7-19;1-28(2)25(18-19-8-10-21(26)11-9-19)16-14-22(15-17-25)27-24(30)13-12-23(29)20-6-4-3-5-7-20/h3-9,16,22H,10-15,17H2,1-2H3,(H,28,31);3-11,22H,12-18H2,1-2H3,(H,27,30). The van der Waals surface area contributed by atoms with Gasteiger partial charge in [0.15, 0.2) is 11.6 Å². The number of Topliss-reactive ketones (excluding diaryl/α,β-unsaturated/α-hetero) is 2. The van der Waals surface area contributed by atoms with Gasteiger partial charge in [0, 0.05) is 65.0 Å². The van der Waals surface area contributed by atoms with Crippen molar-refractivity contribution in [1.29, 1.82) is 0 Å². The summed E-state index contributed by atoms with van der Waals surface area (Å²) in [5.74, 6) is -0.898. The summed E-state index contributed by atoms with van der Waals surface area (Å²) < 4.78 is 26.2. The number of rotatable bonds is 16. The molecule has 8 nitrogen and oxygen atoms in total. The van der Waals surface area contributed by atoms with Gasteiger partial charge in [-0.15, -0.1) is 0 Å². The minimum absolute atomic E-state index is 0.000293. The molecule has 2 saturated carbocycles. The smallest absolute Gasteiger partial charge is 0.220 e. The van der Waals surface area contributed by atoms with Crippen molar-refractivity contribution in [1.82, 2.24) is 20.4 Å². The molecular formula is C50H61ClF2N4O4. The summed E-state index contributed by atoms with van der Waals surface area (Å²) in [6.45, 7) is 0. The van der Waals surface area contributed by atoms with E-state index < -0.39 is 0 Å². The van der Waals surface area contributed by atoms with Gasteiger partial charge < -0.3 is 20.4 Å². The van der Waals surface area contributed by atoms with Crippen LogP contribution in [0.4, 0.5) is 8.78 Å². The Morgan fingerprint density at radius 3 is 1.43 bits per heavy atom. The molecule has 0 aromatic heterocycles. The van der Waals surface area contributed by atoms with Crippen molar-refractivity contribution in [3.8, 4) is 0 Å². The van der Waals surface area contributed by atoms with E-state index in [2.05, 4.69) is 54.7 Å². The molecule has 2 amide bonds. The van der Waals surface area contributed by atoms with Crippen LogP contribution in [-0.2, 0) is 22.4 Å². The Labute approximate surface area is 365 Å². The maximum atomic E-state index is 13.2. The lowest BCUT2D eigenvalue weighted by Gasteiger charge is -2.45. The van der Waals surface area contributed by atoms with E-state index in [-0.39, 0.29) is 83.9 Å². The lowest BCUT2D eigenvalue weighted by Crippen LogP contribution is -2.52. The van der Waals surface area contributed by atoms with Gasteiger partial charge in [-0.25, -0.2) is 8.78 Å². The van der Waals surface area contributed by atoms with Crippen molar-refractivity contribution in [3.63, 3.8) is 0 Å². The van der Waals surface area contributed by atoms with E-state index in [4.69, 9.17) is 11.6 Å². The number of halogens is 3. The fourth-order valence-electron chi connectivity index (χ4n) is 8.77. The zero-order valence-corrected chi connectivity index (χ0v) is 36.8. The molecule has 2 fully saturated rings. The fourth-order valence-corrected chi connectivity index (χ4v) is 8.99. The maximum Gasteiger partial charge on any atom is 0.220 e. The lowest BCUT2D eigenvalue weighted by molar-refractivity contribution is -0.123. The molecule has 0 spiro atoms. The van der Waals surface area contributed by atoms with Crippen LogP contribution in [0.3, 0.4) is 0 Å².